The van der Waals surface area contributed by atoms with Crippen molar-refractivity contribution >= 4 is 5.52 Å². The monoisotopic (exact) mass is 149 g/mol. The van der Waals surface area contributed by atoms with Crippen molar-refractivity contribution in [2.24, 2.45) is 0 Å². The number of nitrogens with one attached hydrogen (secondary N) is 1. The molecule has 1 N–H and O–H groups in total. The number of fused-ring (bicyclic) bond motifs is 1. The van der Waals surface area contributed by atoms with Crippen LogP contribution in [0.3, 0.4) is 0 Å². The summed E-state index contributed by atoms with van der Waals surface area (Å²) in [5.74, 6) is 0. The lowest BCUT2D eigenvalue weighted by Gasteiger charge is -1.94. The molecule has 4 nitrogen and oxygen atoms in total. The number of nitrogens with zero attached hydrogens (tertiary/aromatic N) is 2. The zero-order chi connectivity index (χ0) is 7.84. The fraction of sp³-hybridized carbons (Fsp3) is 0.143. The Morgan fingerprint density at radius 2 is 2.45 bits per heavy atom. The highest BCUT2D eigenvalue weighted by Gasteiger charge is 1.98. The van der Waals surface area contributed by atoms with Crippen molar-refractivity contribution in [3.05, 3.63) is 34.5 Å². The average Bonchev–Trinajstić information content (AvgIpc) is 2.45. The van der Waals surface area contributed by atoms with Crippen LogP contribution in [0.15, 0.2) is 23.1 Å². The van der Waals surface area contributed by atoms with E-state index in [0.29, 0.717) is 0 Å². The molecule has 2 aromatic rings. The highest BCUT2D eigenvalue weighted by Crippen LogP contribution is 2.02. The normalized spacial score (nSPS) is 10.6. The first-order chi connectivity index (χ1) is 5.29. The molecule has 0 unspecified atom stereocenters. The average molecular weight is 149 g/mol. The number of aromatic amines is 1. The van der Waals surface area contributed by atoms with Crippen LogP contribution in [0.1, 0.15) is 5.69 Å². The zero-order valence-corrected chi connectivity index (χ0v) is 6.03. The highest BCUT2D eigenvalue weighted by molar-refractivity contribution is 5.50. The summed E-state index contributed by atoms with van der Waals surface area (Å²) in [6, 6.07) is 3.68. The smallest absolute Gasteiger partial charge is 0.267 e. The maximum atomic E-state index is 11.0. The van der Waals surface area contributed by atoms with Gasteiger partial charge in [-0.2, -0.15) is 5.10 Å². The van der Waals surface area contributed by atoms with Crippen molar-refractivity contribution in [2.45, 2.75) is 6.92 Å². The van der Waals surface area contributed by atoms with Crippen molar-refractivity contribution in [2.75, 3.05) is 0 Å². The van der Waals surface area contributed by atoms with E-state index < -0.39 is 0 Å². The quantitative estimate of drug-likeness (QED) is 0.586. The lowest BCUT2D eigenvalue weighted by Crippen LogP contribution is -2.17. The number of rotatable bonds is 0. The van der Waals surface area contributed by atoms with Crippen molar-refractivity contribution in [3.8, 4) is 0 Å². The summed E-state index contributed by atoms with van der Waals surface area (Å²) >= 11 is 0. The number of hydrogen-bond acceptors (Lipinski definition) is 2. The Balaban J connectivity index is 3.08. The van der Waals surface area contributed by atoms with E-state index in [9.17, 15) is 4.79 Å². The van der Waals surface area contributed by atoms with Crippen molar-refractivity contribution in [3.63, 3.8) is 0 Å². The molecule has 0 amide bonds. The molecule has 0 fully saturated rings. The molecule has 0 radical (unpaired) electrons. The topological polar surface area (TPSA) is 50.2 Å². The van der Waals surface area contributed by atoms with Crippen molar-refractivity contribution in [1.29, 1.82) is 0 Å². The number of aryl methyl sites for hydroxylation is 1. The second kappa shape index (κ2) is 1.95. The first-order valence-corrected chi connectivity index (χ1v) is 3.31. The lowest BCUT2D eigenvalue weighted by atomic mass is 10.4. The zero-order valence-electron chi connectivity index (χ0n) is 6.03. The third-order valence-corrected chi connectivity index (χ3v) is 1.66. The molecular weight excluding hydrogens is 142 g/mol. The molecule has 0 atom stereocenters. The molecule has 56 valence electrons. The minimum absolute atomic E-state index is 0.199. The third kappa shape index (κ3) is 0.756. The SMILES string of the molecule is Cc1n[nH]c(=O)n2cccc12. The van der Waals surface area contributed by atoms with Crippen LogP contribution in [0.2, 0.25) is 0 Å². The minimum Gasteiger partial charge on any atom is -0.267 e. The van der Waals surface area contributed by atoms with E-state index in [1.165, 1.54) is 4.40 Å². The van der Waals surface area contributed by atoms with E-state index in [2.05, 4.69) is 10.2 Å². The Hall–Kier alpha value is -1.58. The molecule has 2 heterocycles. The van der Waals surface area contributed by atoms with Gasteiger partial charge in [-0.15, -0.1) is 0 Å². The van der Waals surface area contributed by atoms with Crippen LogP contribution in [0.25, 0.3) is 5.52 Å². The van der Waals surface area contributed by atoms with Crippen LogP contribution < -0.4 is 5.69 Å². The van der Waals surface area contributed by atoms with Gasteiger partial charge in [0.1, 0.15) is 0 Å². The number of hydrogen-bond donors (Lipinski definition) is 1. The van der Waals surface area contributed by atoms with Gasteiger partial charge in [-0.05, 0) is 19.1 Å². The first kappa shape index (κ1) is 6.15. The van der Waals surface area contributed by atoms with Crippen LogP contribution >= 0.6 is 0 Å². The fourth-order valence-corrected chi connectivity index (χ4v) is 1.10. The van der Waals surface area contributed by atoms with Gasteiger partial charge >= 0.3 is 5.69 Å². The van der Waals surface area contributed by atoms with Crippen LogP contribution in [0, 0.1) is 6.92 Å². The Kier molecular flexibility index (Phi) is 1.09. The standard InChI is InChI=1S/C7H7N3O/c1-5-6-3-2-4-10(6)7(11)9-8-5/h2-4H,1H3,(H,9,11). The van der Waals surface area contributed by atoms with Crippen LogP contribution in [0.4, 0.5) is 0 Å². The second-order valence-electron chi connectivity index (χ2n) is 2.38. The van der Waals surface area contributed by atoms with E-state index >= 15 is 0 Å². The first-order valence-electron chi connectivity index (χ1n) is 3.31. The summed E-state index contributed by atoms with van der Waals surface area (Å²) < 4.78 is 1.53. The molecule has 2 aromatic heterocycles. The minimum atomic E-state index is -0.199. The van der Waals surface area contributed by atoms with Gasteiger partial charge in [0.25, 0.3) is 0 Å². The van der Waals surface area contributed by atoms with E-state index in [4.69, 9.17) is 0 Å². The predicted molar refractivity (Wildman–Crippen MR) is 40.5 cm³/mol. The molecule has 0 saturated heterocycles. The molecule has 0 saturated carbocycles. The molecule has 0 aliphatic carbocycles. The van der Waals surface area contributed by atoms with Crippen LogP contribution in [0.5, 0.6) is 0 Å². The largest absolute Gasteiger partial charge is 0.346 e. The molecule has 0 spiro atoms. The van der Waals surface area contributed by atoms with E-state index in [0.717, 1.165) is 11.2 Å². The predicted octanol–water partition coefficient (Wildman–Crippen LogP) is 0.331. The maximum Gasteiger partial charge on any atom is 0.346 e. The Bertz CT molecular complexity index is 440. The van der Waals surface area contributed by atoms with E-state index in [1.807, 2.05) is 19.1 Å². The summed E-state index contributed by atoms with van der Waals surface area (Å²) in [5, 5.41) is 6.21. The fourth-order valence-electron chi connectivity index (χ4n) is 1.10. The molecule has 0 bridgehead atoms. The van der Waals surface area contributed by atoms with Gasteiger partial charge in [0.05, 0.1) is 11.2 Å². The summed E-state index contributed by atoms with van der Waals surface area (Å²) in [6.07, 6.45) is 1.71. The third-order valence-electron chi connectivity index (χ3n) is 1.66. The summed E-state index contributed by atoms with van der Waals surface area (Å²) in [6.45, 7) is 1.85. The summed E-state index contributed by atoms with van der Waals surface area (Å²) in [5.41, 5.74) is 1.49. The Morgan fingerprint density at radius 3 is 3.18 bits per heavy atom. The van der Waals surface area contributed by atoms with Gasteiger partial charge in [-0.3, -0.25) is 4.40 Å². The molecule has 11 heavy (non-hydrogen) atoms. The van der Waals surface area contributed by atoms with Gasteiger partial charge < -0.3 is 0 Å². The maximum absolute atomic E-state index is 11.0. The van der Waals surface area contributed by atoms with Crippen LogP contribution in [-0.2, 0) is 0 Å². The highest BCUT2D eigenvalue weighted by atomic mass is 16.1. The molecule has 0 aromatic carbocycles. The molecule has 4 heteroatoms. The Labute approximate surface area is 62.5 Å². The van der Waals surface area contributed by atoms with Gasteiger partial charge in [0.15, 0.2) is 0 Å². The van der Waals surface area contributed by atoms with Crippen molar-refractivity contribution in [1.82, 2.24) is 14.6 Å². The molecule has 0 aliphatic heterocycles. The van der Waals surface area contributed by atoms with Gasteiger partial charge in [0.2, 0.25) is 0 Å². The molecular formula is C7H7N3O. The van der Waals surface area contributed by atoms with Gasteiger partial charge in [-0.25, -0.2) is 9.89 Å². The van der Waals surface area contributed by atoms with Gasteiger partial charge in [0, 0.05) is 6.20 Å². The summed E-state index contributed by atoms with van der Waals surface area (Å²) in [7, 11) is 0. The van der Waals surface area contributed by atoms with Gasteiger partial charge in [-0.1, -0.05) is 0 Å². The summed E-state index contributed by atoms with van der Waals surface area (Å²) in [4.78, 5) is 11.0. The van der Waals surface area contributed by atoms with Crippen LogP contribution in [-0.4, -0.2) is 14.6 Å². The van der Waals surface area contributed by atoms with Crippen molar-refractivity contribution < 1.29 is 0 Å². The number of H-pyrrole nitrogens is 1. The lowest BCUT2D eigenvalue weighted by molar-refractivity contribution is 0.863. The Morgan fingerprint density at radius 1 is 1.64 bits per heavy atom. The molecule has 0 aliphatic rings. The second-order valence-corrected chi connectivity index (χ2v) is 2.38. The molecule has 2 rings (SSSR count). The van der Waals surface area contributed by atoms with E-state index in [-0.39, 0.29) is 5.69 Å². The van der Waals surface area contributed by atoms with E-state index in [1.54, 1.807) is 6.20 Å². The number of aromatic nitrogens is 3.